The number of epoxide rings is 1. The van der Waals surface area contributed by atoms with Crippen LogP contribution in [0.1, 0.15) is 83.5 Å². The van der Waals surface area contributed by atoms with E-state index < -0.39 is 33.3 Å². The van der Waals surface area contributed by atoms with Crippen LogP contribution in [0.4, 0.5) is 0 Å². The van der Waals surface area contributed by atoms with Gasteiger partial charge in [0.15, 0.2) is 33.3 Å². The van der Waals surface area contributed by atoms with E-state index in [4.69, 9.17) is 22.4 Å². The van der Waals surface area contributed by atoms with Crippen molar-refractivity contribution in [2.45, 2.75) is 178 Å². The minimum atomic E-state index is -1.72. The van der Waals surface area contributed by atoms with Gasteiger partial charge in [-0.25, -0.2) is 0 Å². The van der Waals surface area contributed by atoms with Crippen LogP contribution in [0.5, 0.6) is 0 Å². The van der Waals surface area contributed by atoms with Gasteiger partial charge in [-0.2, -0.15) is 0 Å². The van der Waals surface area contributed by atoms with Crippen molar-refractivity contribution in [3.63, 3.8) is 0 Å². The Hall–Kier alpha value is 0.628. The Morgan fingerprint density at radius 2 is 0.913 bits per heavy atom. The van der Waals surface area contributed by atoms with Crippen molar-refractivity contribution < 1.29 is 27.5 Å². The number of hydrogen-bond donors (Lipinski definition) is 1. The molecular weight excluding hydrogens is 641 g/mol. The first-order chi connectivity index (χ1) is 21.6. The Labute approximate surface area is 288 Å². The highest BCUT2D eigenvalue weighted by Crippen LogP contribution is 2.42. The summed E-state index contributed by atoms with van der Waals surface area (Å²) in [6.07, 6.45) is 17.2. The third-order valence-corrected chi connectivity index (χ3v) is 26.4. The van der Waals surface area contributed by atoms with Crippen LogP contribution in [0.3, 0.4) is 0 Å². The van der Waals surface area contributed by atoms with Gasteiger partial charge in [-0.15, -0.1) is 0 Å². The molecule has 0 spiro atoms. The first kappa shape index (κ1) is 39.4. The smallest absolute Gasteiger partial charge is 0.175 e. The summed E-state index contributed by atoms with van der Waals surface area (Å²) in [6, 6.07) is 4.76. The predicted molar refractivity (Wildman–Crippen MR) is 202 cm³/mol. The van der Waals surface area contributed by atoms with Gasteiger partial charge in [-0.05, 0) is 171 Å². The molecule has 1 N–H and O–H groups in total. The van der Waals surface area contributed by atoms with Gasteiger partial charge in [-0.1, -0.05) is 12.8 Å². The summed E-state index contributed by atoms with van der Waals surface area (Å²) >= 11 is 0. The second-order valence-corrected chi connectivity index (χ2v) is 36.1. The van der Waals surface area contributed by atoms with Crippen LogP contribution in [0.2, 0.25) is 76.6 Å². The average molecular weight is 715 g/mol. The van der Waals surface area contributed by atoms with Crippen LogP contribution in [0.25, 0.3) is 0 Å². The zero-order valence-electron chi connectivity index (χ0n) is 31.4. The van der Waals surface area contributed by atoms with Crippen LogP contribution < -0.4 is 0 Å². The molecular formula is C36H74O6Si4. The van der Waals surface area contributed by atoms with Crippen LogP contribution in [-0.4, -0.2) is 83.1 Å². The summed E-state index contributed by atoms with van der Waals surface area (Å²) in [7, 11) is -6.72. The van der Waals surface area contributed by atoms with Gasteiger partial charge in [0.2, 0.25) is 0 Å². The molecule has 3 saturated carbocycles. The first-order valence-electron chi connectivity index (χ1n) is 19.5. The molecule has 4 rings (SSSR count). The maximum atomic E-state index is 9.81. The molecule has 0 aromatic rings. The van der Waals surface area contributed by atoms with Crippen LogP contribution in [0.15, 0.2) is 0 Å². The molecule has 46 heavy (non-hydrogen) atoms. The third kappa shape index (κ3) is 14.9. The molecule has 3 unspecified atom stereocenters. The summed E-state index contributed by atoms with van der Waals surface area (Å²) < 4.78 is 32.1. The highest BCUT2D eigenvalue weighted by Gasteiger charge is 2.44. The van der Waals surface area contributed by atoms with Crippen molar-refractivity contribution >= 4 is 33.3 Å². The van der Waals surface area contributed by atoms with E-state index in [-0.39, 0.29) is 6.10 Å². The molecule has 1 aliphatic heterocycles. The lowest BCUT2D eigenvalue weighted by atomic mass is 9.83. The number of fused-ring (bicyclic) bond motifs is 1. The van der Waals surface area contributed by atoms with Crippen molar-refractivity contribution in [2.24, 2.45) is 23.7 Å². The molecule has 4 fully saturated rings. The van der Waals surface area contributed by atoms with Gasteiger partial charge in [0.1, 0.15) is 0 Å². The lowest BCUT2D eigenvalue weighted by Crippen LogP contribution is -2.45. The summed E-state index contributed by atoms with van der Waals surface area (Å²) in [4.78, 5) is 0. The van der Waals surface area contributed by atoms with Gasteiger partial charge in [0, 0.05) is 26.4 Å². The first-order valence-corrected chi connectivity index (χ1v) is 31.9. The molecule has 0 aromatic carbocycles. The van der Waals surface area contributed by atoms with Gasteiger partial charge < -0.3 is 27.5 Å². The van der Waals surface area contributed by atoms with Crippen molar-refractivity contribution in [2.75, 3.05) is 26.4 Å². The summed E-state index contributed by atoms with van der Waals surface area (Å²) in [5.41, 5.74) is 0. The molecule has 6 nitrogen and oxygen atoms in total. The SMILES string of the molecule is C[Si](C)(CCOCC1CCC(COCC[Si](C)(C)O[Si](C)(C)CCC2CCC3OC3C2)CC1)O[Si](C)(C)CCC1CCC(O)CC1. The standard InChI is InChI=1S/C36H74O6Si4/c1-43(2,23-19-30-13-16-34(37)17-14-30)41-45(5,6)25-21-38-28-32-9-11-33(12-10-32)29-39-22-26-46(7,8)42-44(3,4)24-20-31-15-18-35-36(27-31)40-35/h30-37H,9-29H2,1-8H3. The molecule has 3 atom stereocenters. The largest absolute Gasteiger partial charge is 0.455 e. The van der Waals surface area contributed by atoms with Crippen molar-refractivity contribution in [3.05, 3.63) is 0 Å². The van der Waals surface area contributed by atoms with Crippen molar-refractivity contribution in [3.8, 4) is 0 Å². The van der Waals surface area contributed by atoms with Crippen LogP contribution in [0, 0.1) is 23.7 Å². The average Bonchev–Trinajstić information content (AvgIpc) is 3.75. The highest BCUT2D eigenvalue weighted by atomic mass is 28.4. The van der Waals surface area contributed by atoms with E-state index in [2.05, 4.69) is 52.4 Å². The van der Waals surface area contributed by atoms with E-state index in [1.807, 2.05) is 0 Å². The van der Waals surface area contributed by atoms with E-state index in [9.17, 15) is 5.11 Å². The summed E-state index contributed by atoms with van der Waals surface area (Å²) in [5.74, 6) is 3.08. The number of aliphatic hydroxyl groups is 1. The van der Waals surface area contributed by atoms with Crippen molar-refractivity contribution in [1.29, 1.82) is 0 Å². The fourth-order valence-electron chi connectivity index (χ4n) is 8.69. The Bertz CT molecular complexity index is 886. The monoisotopic (exact) mass is 714 g/mol. The minimum Gasteiger partial charge on any atom is -0.455 e. The molecule has 10 heteroatoms. The summed E-state index contributed by atoms with van der Waals surface area (Å²) in [5, 5.41) is 9.81. The second-order valence-electron chi connectivity index (χ2n) is 18.4. The molecule has 0 amide bonds. The van der Waals surface area contributed by atoms with Crippen LogP contribution in [-0.2, 0) is 22.4 Å². The molecule has 4 aliphatic rings. The lowest BCUT2D eigenvalue weighted by Gasteiger charge is -2.36. The van der Waals surface area contributed by atoms with Gasteiger partial charge in [-0.3, -0.25) is 0 Å². The van der Waals surface area contributed by atoms with Gasteiger partial charge >= 0.3 is 0 Å². The molecule has 270 valence electrons. The predicted octanol–water partition coefficient (Wildman–Crippen LogP) is 9.58. The maximum absolute atomic E-state index is 9.81. The van der Waals surface area contributed by atoms with E-state index in [0.29, 0.717) is 24.0 Å². The van der Waals surface area contributed by atoms with E-state index >= 15 is 0 Å². The normalized spacial score (nSPS) is 31.1. The van der Waals surface area contributed by atoms with Crippen molar-refractivity contribution in [1.82, 2.24) is 0 Å². The fourth-order valence-corrected chi connectivity index (χ4v) is 25.8. The molecule has 0 bridgehead atoms. The van der Waals surface area contributed by atoms with E-state index in [0.717, 1.165) is 63.2 Å². The molecule has 3 aliphatic carbocycles. The highest BCUT2D eigenvalue weighted by molar-refractivity contribution is 6.85. The zero-order chi connectivity index (χ0) is 33.4. The third-order valence-electron chi connectivity index (χ3n) is 11.7. The maximum Gasteiger partial charge on any atom is 0.175 e. The fraction of sp³-hybridized carbons (Fsp3) is 1.00. The lowest BCUT2D eigenvalue weighted by molar-refractivity contribution is 0.0561. The zero-order valence-corrected chi connectivity index (χ0v) is 35.4. The Morgan fingerprint density at radius 1 is 0.500 bits per heavy atom. The topological polar surface area (TPSA) is 69.7 Å². The summed E-state index contributed by atoms with van der Waals surface area (Å²) in [6.45, 7) is 22.9. The number of aliphatic hydroxyl groups excluding tert-OH is 1. The van der Waals surface area contributed by atoms with Crippen LogP contribution >= 0.6 is 0 Å². The van der Waals surface area contributed by atoms with E-state index in [1.54, 1.807) is 0 Å². The quantitative estimate of drug-likeness (QED) is 0.0770. The Morgan fingerprint density at radius 3 is 1.39 bits per heavy atom. The Balaban J connectivity index is 1.00. The molecule has 0 radical (unpaired) electrons. The number of hydrogen-bond acceptors (Lipinski definition) is 6. The minimum absolute atomic E-state index is 0.0511. The second kappa shape index (κ2) is 17.7. The van der Waals surface area contributed by atoms with E-state index in [1.165, 1.54) is 82.7 Å². The number of ether oxygens (including phenoxy) is 3. The van der Waals surface area contributed by atoms with Gasteiger partial charge in [0.05, 0.1) is 18.3 Å². The van der Waals surface area contributed by atoms with Gasteiger partial charge in [0.25, 0.3) is 0 Å². The number of rotatable bonds is 20. The molecule has 1 saturated heterocycles. The molecule has 0 aromatic heterocycles. The Kier molecular flexibility index (Phi) is 15.2. The molecule has 1 heterocycles.